The summed E-state index contributed by atoms with van der Waals surface area (Å²) in [5.74, 6) is 0. The molecule has 0 saturated carbocycles. The van der Waals surface area contributed by atoms with E-state index in [1.165, 1.54) is 16.9 Å². The lowest BCUT2D eigenvalue weighted by Crippen LogP contribution is -1.86. The molecular weight excluding hydrogens is 166 g/mol. The predicted octanol–water partition coefficient (Wildman–Crippen LogP) is 2.53. The number of thiazole rings is 1. The smallest absolute Gasteiger partial charge is 0.152 e. The summed E-state index contributed by atoms with van der Waals surface area (Å²) >= 11 is 1.52. The topological polar surface area (TPSA) is 12.9 Å². The van der Waals surface area contributed by atoms with E-state index in [1.54, 1.807) is 0 Å². The Morgan fingerprint density at radius 3 is 2.75 bits per heavy atom. The van der Waals surface area contributed by atoms with Crippen molar-refractivity contribution < 1.29 is 0 Å². The molecule has 0 saturated heterocycles. The second kappa shape index (κ2) is 3.50. The van der Waals surface area contributed by atoms with Crippen molar-refractivity contribution in [2.24, 2.45) is 0 Å². The third-order valence-corrected chi connectivity index (χ3v) is 2.25. The van der Waals surface area contributed by atoms with E-state index in [0.717, 1.165) is 12.1 Å². The maximum atomic E-state index is 4.11. The lowest BCUT2D eigenvalue weighted by molar-refractivity contribution is 1.10. The zero-order valence-corrected chi connectivity index (χ0v) is 7.34. The van der Waals surface area contributed by atoms with Gasteiger partial charge in [0.05, 0.1) is 5.69 Å². The first kappa shape index (κ1) is 7.50. The minimum atomic E-state index is 0.917. The molecular formula is C10H8NS. The Morgan fingerprint density at radius 2 is 2.08 bits per heavy atom. The van der Waals surface area contributed by atoms with E-state index >= 15 is 0 Å². The molecule has 1 nitrogen and oxygen atoms in total. The summed E-state index contributed by atoms with van der Waals surface area (Å²) in [4.78, 5) is 4.11. The van der Waals surface area contributed by atoms with Gasteiger partial charge in [0.1, 0.15) is 0 Å². The molecule has 0 N–H and O–H groups in total. The highest BCUT2D eigenvalue weighted by molar-refractivity contribution is 7.07. The van der Waals surface area contributed by atoms with Crippen molar-refractivity contribution in [1.29, 1.82) is 0 Å². The SMILES string of the molecule is [c]1nc(Cc2ccccc2)cs1. The Balaban J connectivity index is 2.15. The van der Waals surface area contributed by atoms with Gasteiger partial charge in [0.15, 0.2) is 5.51 Å². The standard InChI is InChI=1S/C10H8NS/c1-2-4-9(5-3-1)6-10-7-12-8-11-10/h1-5,7H,6H2. The van der Waals surface area contributed by atoms with Crippen LogP contribution in [0.15, 0.2) is 35.7 Å². The zero-order chi connectivity index (χ0) is 8.23. The first-order valence-corrected chi connectivity index (χ1v) is 4.67. The van der Waals surface area contributed by atoms with Crippen molar-refractivity contribution in [2.75, 3.05) is 0 Å². The minimum Gasteiger partial charge on any atom is -0.238 e. The molecule has 1 aromatic heterocycles. The van der Waals surface area contributed by atoms with Crippen LogP contribution >= 0.6 is 11.3 Å². The predicted molar refractivity (Wildman–Crippen MR) is 50.2 cm³/mol. The Labute approximate surface area is 75.7 Å². The van der Waals surface area contributed by atoms with Gasteiger partial charge in [-0.3, -0.25) is 0 Å². The molecule has 0 aliphatic heterocycles. The number of aromatic nitrogens is 1. The van der Waals surface area contributed by atoms with Crippen LogP contribution in [0.5, 0.6) is 0 Å². The maximum Gasteiger partial charge on any atom is 0.152 e. The number of benzene rings is 1. The Kier molecular flexibility index (Phi) is 2.19. The van der Waals surface area contributed by atoms with Crippen LogP contribution in [0.1, 0.15) is 11.3 Å². The summed E-state index contributed by atoms with van der Waals surface area (Å²) in [7, 11) is 0. The van der Waals surface area contributed by atoms with Crippen LogP contribution < -0.4 is 0 Å². The third kappa shape index (κ3) is 1.71. The number of nitrogens with zero attached hydrogens (tertiary/aromatic N) is 1. The average Bonchev–Trinajstić information content (AvgIpc) is 2.59. The Morgan fingerprint density at radius 1 is 1.25 bits per heavy atom. The van der Waals surface area contributed by atoms with Gasteiger partial charge in [-0.15, -0.1) is 11.3 Å². The quantitative estimate of drug-likeness (QED) is 0.681. The molecule has 0 aliphatic rings. The van der Waals surface area contributed by atoms with E-state index in [2.05, 4.69) is 22.6 Å². The molecule has 2 heteroatoms. The number of hydrogen-bond donors (Lipinski definition) is 0. The van der Waals surface area contributed by atoms with Gasteiger partial charge < -0.3 is 0 Å². The molecule has 0 atom stereocenters. The number of rotatable bonds is 2. The van der Waals surface area contributed by atoms with Crippen LogP contribution in [0, 0.1) is 5.51 Å². The summed E-state index contributed by atoms with van der Waals surface area (Å²) in [5, 5.41) is 2.03. The zero-order valence-electron chi connectivity index (χ0n) is 6.53. The van der Waals surface area contributed by atoms with Gasteiger partial charge in [-0.25, -0.2) is 4.98 Å². The summed E-state index contributed by atoms with van der Waals surface area (Å²) in [5.41, 5.74) is 5.25. The van der Waals surface area contributed by atoms with Crippen LogP contribution in [0.25, 0.3) is 0 Å². The van der Waals surface area contributed by atoms with E-state index in [0.29, 0.717) is 0 Å². The first-order chi connectivity index (χ1) is 5.95. The molecule has 1 aromatic carbocycles. The molecule has 12 heavy (non-hydrogen) atoms. The molecule has 1 radical (unpaired) electrons. The van der Waals surface area contributed by atoms with Crippen LogP contribution in [0.4, 0.5) is 0 Å². The second-order valence-corrected chi connectivity index (χ2v) is 3.25. The van der Waals surface area contributed by atoms with Gasteiger partial charge in [0.25, 0.3) is 0 Å². The molecule has 59 valence electrons. The van der Waals surface area contributed by atoms with E-state index in [1.807, 2.05) is 23.6 Å². The minimum absolute atomic E-state index is 0.917. The van der Waals surface area contributed by atoms with Crippen LogP contribution in [0.2, 0.25) is 0 Å². The summed E-state index contributed by atoms with van der Waals surface area (Å²) < 4.78 is 0. The fraction of sp³-hybridized carbons (Fsp3) is 0.100. The highest BCUT2D eigenvalue weighted by Gasteiger charge is 1.95. The number of hydrogen-bond acceptors (Lipinski definition) is 2. The molecule has 0 aliphatic carbocycles. The van der Waals surface area contributed by atoms with E-state index in [-0.39, 0.29) is 0 Å². The van der Waals surface area contributed by atoms with Crippen LogP contribution in [0.3, 0.4) is 0 Å². The van der Waals surface area contributed by atoms with Gasteiger partial charge >= 0.3 is 0 Å². The monoisotopic (exact) mass is 174 g/mol. The van der Waals surface area contributed by atoms with Crippen molar-refractivity contribution in [2.45, 2.75) is 6.42 Å². The summed E-state index contributed by atoms with van der Waals surface area (Å²) in [6.07, 6.45) is 0.917. The van der Waals surface area contributed by atoms with E-state index < -0.39 is 0 Å². The van der Waals surface area contributed by atoms with Crippen molar-refractivity contribution in [1.82, 2.24) is 4.98 Å². The van der Waals surface area contributed by atoms with Gasteiger partial charge in [0.2, 0.25) is 0 Å². The average molecular weight is 174 g/mol. The third-order valence-electron chi connectivity index (χ3n) is 1.66. The van der Waals surface area contributed by atoms with Crippen molar-refractivity contribution >= 4 is 11.3 Å². The van der Waals surface area contributed by atoms with Gasteiger partial charge in [-0.2, -0.15) is 0 Å². The van der Waals surface area contributed by atoms with E-state index in [9.17, 15) is 0 Å². The molecule has 2 aromatic rings. The van der Waals surface area contributed by atoms with Crippen molar-refractivity contribution in [3.8, 4) is 0 Å². The molecule has 0 bridgehead atoms. The highest BCUT2D eigenvalue weighted by Crippen LogP contribution is 2.08. The first-order valence-electron chi connectivity index (χ1n) is 3.79. The summed E-state index contributed by atoms with van der Waals surface area (Å²) in [6.45, 7) is 0. The summed E-state index contributed by atoms with van der Waals surface area (Å²) in [6, 6.07) is 10.3. The lowest BCUT2D eigenvalue weighted by Gasteiger charge is -1.95. The fourth-order valence-corrected chi connectivity index (χ4v) is 1.59. The molecule has 0 spiro atoms. The van der Waals surface area contributed by atoms with E-state index in [4.69, 9.17) is 0 Å². The normalized spacial score (nSPS) is 10.0. The molecule has 2 rings (SSSR count). The van der Waals surface area contributed by atoms with Crippen LogP contribution in [-0.4, -0.2) is 4.98 Å². The maximum absolute atomic E-state index is 4.11. The van der Waals surface area contributed by atoms with Gasteiger partial charge in [0, 0.05) is 11.8 Å². The molecule has 0 fully saturated rings. The molecule has 0 unspecified atom stereocenters. The van der Waals surface area contributed by atoms with Crippen molar-refractivity contribution in [3.05, 3.63) is 52.5 Å². The second-order valence-electron chi connectivity index (χ2n) is 2.59. The Bertz CT molecular complexity index is 326. The fourth-order valence-electron chi connectivity index (χ4n) is 1.09. The van der Waals surface area contributed by atoms with Gasteiger partial charge in [-0.05, 0) is 5.56 Å². The Hall–Kier alpha value is -1.15. The lowest BCUT2D eigenvalue weighted by atomic mass is 10.1. The van der Waals surface area contributed by atoms with Gasteiger partial charge in [-0.1, -0.05) is 30.3 Å². The molecule has 1 heterocycles. The van der Waals surface area contributed by atoms with Crippen LogP contribution in [-0.2, 0) is 6.42 Å². The van der Waals surface area contributed by atoms with Crippen molar-refractivity contribution in [3.63, 3.8) is 0 Å². The largest absolute Gasteiger partial charge is 0.238 e. The highest BCUT2D eigenvalue weighted by atomic mass is 32.1. The molecule has 0 amide bonds.